The van der Waals surface area contributed by atoms with Crippen molar-refractivity contribution in [2.45, 2.75) is 10.3 Å². The van der Waals surface area contributed by atoms with Crippen LogP contribution in [0.4, 0.5) is 0 Å². The summed E-state index contributed by atoms with van der Waals surface area (Å²) >= 11 is 3.69. The van der Waals surface area contributed by atoms with Crippen LogP contribution in [0.15, 0.2) is 21.7 Å². The topological polar surface area (TPSA) is 21.3 Å². The van der Waals surface area contributed by atoms with Gasteiger partial charge in [0.2, 0.25) is 0 Å². The maximum absolute atomic E-state index is 5.60. The molecule has 0 saturated carbocycles. The minimum Gasteiger partial charge on any atom is -0.375 e. The molecule has 2 rings (SSSR count). The van der Waals surface area contributed by atoms with Gasteiger partial charge in [-0.15, -0.1) is 23.1 Å². The summed E-state index contributed by atoms with van der Waals surface area (Å²) in [6, 6.07) is 4.25. The first-order chi connectivity index (χ1) is 6.45. The monoisotopic (exact) mass is 215 g/mol. The lowest BCUT2D eigenvalue weighted by molar-refractivity contribution is 0.0441. The molecule has 72 valence electrons. The van der Waals surface area contributed by atoms with Gasteiger partial charge in [-0.25, -0.2) is 0 Å². The molecule has 0 amide bonds. The standard InChI is InChI=1S/C9H13NOS2/c1-2-9(12-5-1)13-7-8-6-10-3-4-11-8/h1-2,5,8,10H,3-4,6-7H2. The van der Waals surface area contributed by atoms with Gasteiger partial charge in [0.25, 0.3) is 0 Å². The van der Waals surface area contributed by atoms with Gasteiger partial charge in [-0.3, -0.25) is 0 Å². The summed E-state index contributed by atoms with van der Waals surface area (Å²) < 4.78 is 6.98. The zero-order chi connectivity index (χ0) is 8.93. The molecule has 1 aromatic rings. The third-order valence-corrected chi connectivity index (χ3v) is 4.17. The van der Waals surface area contributed by atoms with Crippen molar-refractivity contribution < 1.29 is 4.74 Å². The van der Waals surface area contributed by atoms with E-state index in [1.54, 1.807) is 11.3 Å². The molecule has 2 heterocycles. The highest BCUT2D eigenvalue weighted by atomic mass is 32.2. The molecular weight excluding hydrogens is 202 g/mol. The smallest absolute Gasteiger partial charge is 0.0794 e. The number of thioether (sulfide) groups is 1. The van der Waals surface area contributed by atoms with Crippen LogP contribution in [0.1, 0.15) is 0 Å². The molecular formula is C9H13NOS2. The zero-order valence-electron chi connectivity index (χ0n) is 7.36. The van der Waals surface area contributed by atoms with Crippen LogP contribution in [0.2, 0.25) is 0 Å². The second kappa shape index (κ2) is 5.00. The molecule has 1 N–H and O–H groups in total. The van der Waals surface area contributed by atoms with Crippen LogP contribution in [-0.4, -0.2) is 31.6 Å². The van der Waals surface area contributed by atoms with Crippen molar-refractivity contribution in [3.63, 3.8) is 0 Å². The SMILES string of the molecule is c1csc(SCC2CNCCO2)c1. The van der Waals surface area contributed by atoms with E-state index in [0.29, 0.717) is 6.10 Å². The Hall–Kier alpha value is -0.0300. The molecule has 0 bridgehead atoms. The second-order valence-corrected chi connectivity index (χ2v) is 5.21. The van der Waals surface area contributed by atoms with Crippen LogP contribution in [0.5, 0.6) is 0 Å². The van der Waals surface area contributed by atoms with Crippen LogP contribution in [0, 0.1) is 0 Å². The number of thiophene rings is 1. The second-order valence-electron chi connectivity index (χ2n) is 2.94. The van der Waals surface area contributed by atoms with Crippen LogP contribution in [0.25, 0.3) is 0 Å². The Morgan fingerprint density at radius 3 is 3.38 bits per heavy atom. The van der Waals surface area contributed by atoms with Gasteiger partial charge < -0.3 is 10.1 Å². The normalized spacial score (nSPS) is 23.2. The summed E-state index contributed by atoms with van der Waals surface area (Å²) in [5.41, 5.74) is 0. The molecule has 0 radical (unpaired) electrons. The van der Waals surface area contributed by atoms with E-state index in [4.69, 9.17) is 4.74 Å². The summed E-state index contributed by atoms with van der Waals surface area (Å²) in [4.78, 5) is 0. The van der Waals surface area contributed by atoms with Crippen LogP contribution in [-0.2, 0) is 4.74 Å². The molecule has 2 nitrogen and oxygen atoms in total. The summed E-state index contributed by atoms with van der Waals surface area (Å²) in [6.45, 7) is 2.86. The van der Waals surface area contributed by atoms with Crippen molar-refractivity contribution in [1.82, 2.24) is 5.32 Å². The number of nitrogens with one attached hydrogen (secondary N) is 1. The van der Waals surface area contributed by atoms with Crippen molar-refractivity contribution in [1.29, 1.82) is 0 Å². The van der Waals surface area contributed by atoms with Crippen LogP contribution < -0.4 is 5.32 Å². The fourth-order valence-electron chi connectivity index (χ4n) is 1.25. The lowest BCUT2D eigenvalue weighted by Crippen LogP contribution is -2.39. The zero-order valence-corrected chi connectivity index (χ0v) is 9.00. The van der Waals surface area contributed by atoms with Gasteiger partial charge in [-0.1, -0.05) is 6.07 Å². The van der Waals surface area contributed by atoms with E-state index < -0.39 is 0 Å². The van der Waals surface area contributed by atoms with Gasteiger partial charge >= 0.3 is 0 Å². The van der Waals surface area contributed by atoms with E-state index in [9.17, 15) is 0 Å². The third kappa shape index (κ3) is 2.98. The average Bonchev–Trinajstić information content (AvgIpc) is 2.69. The van der Waals surface area contributed by atoms with E-state index in [2.05, 4.69) is 22.8 Å². The number of ether oxygens (including phenoxy) is 1. The van der Waals surface area contributed by atoms with E-state index in [0.717, 1.165) is 25.4 Å². The molecule has 1 unspecified atom stereocenters. The first kappa shape index (κ1) is 9.52. The van der Waals surface area contributed by atoms with E-state index in [1.165, 1.54) is 4.21 Å². The molecule has 4 heteroatoms. The lowest BCUT2D eigenvalue weighted by atomic mass is 10.3. The summed E-state index contributed by atoms with van der Waals surface area (Å²) in [5.74, 6) is 1.06. The number of hydrogen-bond donors (Lipinski definition) is 1. The predicted molar refractivity (Wildman–Crippen MR) is 57.7 cm³/mol. The number of hydrogen-bond acceptors (Lipinski definition) is 4. The van der Waals surface area contributed by atoms with Crippen molar-refractivity contribution >= 4 is 23.1 Å². The molecule has 1 saturated heterocycles. The Labute approximate surface area is 86.7 Å². The molecule has 1 aliphatic rings. The Bertz CT molecular complexity index is 232. The highest BCUT2D eigenvalue weighted by Crippen LogP contribution is 2.24. The van der Waals surface area contributed by atoms with Crippen molar-refractivity contribution in [3.05, 3.63) is 17.5 Å². The fourth-order valence-corrected chi connectivity index (χ4v) is 3.08. The van der Waals surface area contributed by atoms with Crippen LogP contribution in [0.3, 0.4) is 0 Å². The van der Waals surface area contributed by atoms with Gasteiger partial charge in [-0.05, 0) is 11.4 Å². The maximum Gasteiger partial charge on any atom is 0.0794 e. The predicted octanol–water partition coefficient (Wildman–Crippen LogP) is 1.83. The van der Waals surface area contributed by atoms with Crippen molar-refractivity contribution in [2.24, 2.45) is 0 Å². The van der Waals surface area contributed by atoms with Crippen LogP contribution >= 0.6 is 23.1 Å². The number of morpholine rings is 1. The Kier molecular flexibility index (Phi) is 3.66. The highest BCUT2D eigenvalue weighted by Gasteiger charge is 2.13. The van der Waals surface area contributed by atoms with Gasteiger partial charge in [0, 0.05) is 18.8 Å². The van der Waals surface area contributed by atoms with E-state index in [1.807, 2.05) is 11.8 Å². The Balaban J connectivity index is 1.72. The molecule has 1 aliphatic heterocycles. The molecule has 0 spiro atoms. The van der Waals surface area contributed by atoms with Gasteiger partial charge in [0.15, 0.2) is 0 Å². The lowest BCUT2D eigenvalue weighted by Gasteiger charge is -2.22. The fraction of sp³-hybridized carbons (Fsp3) is 0.556. The highest BCUT2D eigenvalue weighted by molar-refractivity contribution is 8.01. The molecule has 0 aromatic carbocycles. The summed E-state index contributed by atoms with van der Waals surface area (Å²) in [7, 11) is 0. The summed E-state index contributed by atoms with van der Waals surface area (Å²) in [6.07, 6.45) is 0.390. The first-order valence-corrected chi connectivity index (χ1v) is 6.30. The van der Waals surface area contributed by atoms with Gasteiger partial charge in [-0.2, -0.15) is 0 Å². The molecule has 13 heavy (non-hydrogen) atoms. The third-order valence-electron chi connectivity index (χ3n) is 1.91. The van der Waals surface area contributed by atoms with Crippen molar-refractivity contribution in [3.8, 4) is 0 Å². The average molecular weight is 215 g/mol. The quantitative estimate of drug-likeness (QED) is 0.777. The number of rotatable bonds is 3. The van der Waals surface area contributed by atoms with Crippen molar-refractivity contribution in [2.75, 3.05) is 25.4 Å². The van der Waals surface area contributed by atoms with E-state index >= 15 is 0 Å². The minimum atomic E-state index is 0.390. The minimum absolute atomic E-state index is 0.390. The molecule has 1 aromatic heterocycles. The van der Waals surface area contributed by atoms with Gasteiger partial charge in [0.1, 0.15) is 0 Å². The van der Waals surface area contributed by atoms with Gasteiger partial charge in [0.05, 0.1) is 16.9 Å². The van der Waals surface area contributed by atoms with E-state index in [-0.39, 0.29) is 0 Å². The summed E-state index contributed by atoms with van der Waals surface area (Å²) in [5, 5.41) is 5.44. The Morgan fingerprint density at radius 1 is 1.69 bits per heavy atom. The molecule has 0 aliphatic carbocycles. The first-order valence-electron chi connectivity index (χ1n) is 4.44. The largest absolute Gasteiger partial charge is 0.375 e. The maximum atomic E-state index is 5.60. The molecule has 1 atom stereocenters. The Morgan fingerprint density at radius 2 is 2.69 bits per heavy atom. The molecule has 1 fully saturated rings.